The first-order valence-corrected chi connectivity index (χ1v) is 7.62. The van der Waals surface area contributed by atoms with Crippen LogP contribution in [0.5, 0.6) is 0 Å². The standard InChI is InChI=1S/C15H21ClN2O3/c1-4-15(3)13(9-14(15)21-5-2)17-11-7-6-10(16)8-12(11)18(19)20/h6-8,13-14,17H,4-5,9H2,1-3H3. The molecule has 1 N–H and O–H groups in total. The van der Waals surface area contributed by atoms with E-state index in [1.165, 1.54) is 6.07 Å². The summed E-state index contributed by atoms with van der Waals surface area (Å²) in [5, 5.41) is 14.8. The number of anilines is 1. The van der Waals surface area contributed by atoms with Crippen LogP contribution in [0.4, 0.5) is 11.4 Å². The van der Waals surface area contributed by atoms with Gasteiger partial charge in [-0.25, -0.2) is 0 Å². The van der Waals surface area contributed by atoms with Crippen molar-refractivity contribution in [2.24, 2.45) is 5.41 Å². The van der Waals surface area contributed by atoms with Crippen molar-refractivity contribution in [2.45, 2.75) is 45.8 Å². The van der Waals surface area contributed by atoms with Crippen LogP contribution in [0.3, 0.4) is 0 Å². The number of nitro groups is 1. The highest BCUT2D eigenvalue weighted by Gasteiger charge is 2.51. The number of hydrogen-bond donors (Lipinski definition) is 1. The highest BCUT2D eigenvalue weighted by molar-refractivity contribution is 6.30. The summed E-state index contributed by atoms with van der Waals surface area (Å²) < 4.78 is 5.75. The lowest BCUT2D eigenvalue weighted by Crippen LogP contribution is -2.59. The number of ether oxygens (including phenoxy) is 1. The van der Waals surface area contributed by atoms with E-state index < -0.39 is 4.92 Å². The van der Waals surface area contributed by atoms with Crippen molar-refractivity contribution in [3.63, 3.8) is 0 Å². The highest BCUT2D eigenvalue weighted by Crippen LogP contribution is 2.48. The van der Waals surface area contributed by atoms with Crippen LogP contribution in [0.2, 0.25) is 5.02 Å². The van der Waals surface area contributed by atoms with Crippen molar-refractivity contribution in [3.8, 4) is 0 Å². The summed E-state index contributed by atoms with van der Waals surface area (Å²) >= 11 is 5.84. The fraction of sp³-hybridized carbons (Fsp3) is 0.600. The molecule has 1 fully saturated rings. The molecule has 1 saturated carbocycles. The van der Waals surface area contributed by atoms with Gasteiger partial charge >= 0.3 is 0 Å². The fourth-order valence-corrected chi connectivity index (χ4v) is 3.11. The second-order valence-corrected chi connectivity index (χ2v) is 6.09. The van der Waals surface area contributed by atoms with E-state index in [4.69, 9.17) is 16.3 Å². The zero-order valence-electron chi connectivity index (χ0n) is 12.6. The minimum atomic E-state index is -0.407. The van der Waals surface area contributed by atoms with Gasteiger partial charge in [0, 0.05) is 29.2 Å². The molecule has 3 unspecified atom stereocenters. The minimum Gasteiger partial charge on any atom is -0.378 e. The molecule has 0 aliphatic heterocycles. The van der Waals surface area contributed by atoms with E-state index in [0.29, 0.717) is 17.3 Å². The molecule has 6 heteroatoms. The van der Waals surface area contributed by atoms with Gasteiger partial charge in [0.05, 0.1) is 11.0 Å². The Kier molecular flexibility index (Phi) is 4.74. The summed E-state index contributed by atoms with van der Waals surface area (Å²) in [4.78, 5) is 10.7. The van der Waals surface area contributed by atoms with Crippen molar-refractivity contribution in [1.82, 2.24) is 0 Å². The van der Waals surface area contributed by atoms with E-state index in [0.717, 1.165) is 12.8 Å². The Hall–Kier alpha value is -1.33. The minimum absolute atomic E-state index is 0.0104. The van der Waals surface area contributed by atoms with Crippen molar-refractivity contribution >= 4 is 23.0 Å². The average molecular weight is 313 g/mol. The number of nitrogens with one attached hydrogen (secondary N) is 1. The predicted octanol–water partition coefficient (Wildman–Crippen LogP) is 4.25. The second-order valence-electron chi connectivity index (χ2n) is 5.65. The van der Waals surface area contributed by atoms with Crippen LogP contribution >= 0.6 is 11.6 Å². The normalized spacial score (nSPS) is 28.0. The van der Waals surface area contributed by atoms with E-state index in [2.05, 4.69) is 19.2 Å². The molecule has 5 nitrogen and oxygen atoms in total. The van der Waals surface area contributed by atoms with Crippen LogP contribution in [0, 0.1) is 15.5 Å². The lowest BCUT2D eigenvalue weighted by atomic mass is 9.61. The Morgan fingerprint density at radius 2 is 2.24 bits per heavy atom. The molecule has 1 aliphatic carbocycles. The number of halogens is 1. The van der Waals surface area contributed by atoms with Crippen LogP contribution in [-0.2, 0) is 4.74 Å². The molecular formula is C15H21ClN2O3. The molecule has 0 saturated heterocycles. The third-order valence-corrected chi connectivity index (χ3v) is 4.83. The van der Waals surface area contributed by atoms with Gasteiger partial charge in [-0.2, -0.15) is 0 Å². The first kappa shape index (κ1) is 16.0. The van der Waals surface area contributed by atoms with Gasteiger partial charge < -0.3 is 10.1 Å². The summed E-state index contributed by atoms with van der Waals surface area (Å²) in [7, 11) is 0. The van der Waals surface area contributed by atoms with Crippen LogP contribution in [-0.4, -0.2) is 23.7 Å². The van der Waals surface area contributed by atoms with Crippen molar-refractivity contribution < 1.29 is 9.66 Å². The molecule has 0 aromatic heterocycles. The summed E-state index contributed by atoms with van der Waals surface area (Å²) in [5.41, 5.74) is 0.522. The molecule has 0 heterocycles. The maximum atomic E-state index is 11.1. The Bertz CT molecular complexity index is 538. The molecule has 1 aromatic rings. The number of benzene rings is 1. The zero-order valence-corrected chi connectivity index (χ0v) is 13.3. The van der Waals surface area contributed by atoms with E-state index in [-0.39, 0.29) is 23.2 Å². The molecule has 1 aliphatic rings. The van der Waals surface area contributed by atoms with Crippen LogP contribution in [0.1, 0.15) is 33.6 Å². The highest BCUT2D eigenvalue weighted by atomic mass is 35.5. The van der Waals surface area contributed by atoms with Gasteiger partial charge in [0.1, 0.15) is 5.69 Å². The molecule has 1 aromatic carbocycles. The molecule has 0 spiro atoms. The predicted molar refractivity (Wildman–Crippen MR) is 83.9 cm³/mol. The van der Waals surface area contributed by atoms with Gasteiger partial charge in [0.2, 0.25) is 0 Å². The fourth-order valence-electron chi connectivity index (χ4n) is 2.94. The second kappa shape index (κ2) is 6.20. The average Bonchev–Trinajstić information content (AvgIpc) is 2.46. The van der Waals surface area contributed by atoms with Gasteiger partial charge in [-0.05, 0) is 31.9 Å². The molecule has 0 radical (unpaired) electrons. The summed E-state index contributed by atoms with van der Waals surface area (Å²) in [6.07, 6.45) is 2.02. The van der Waals surface area contributed by atoms with Gasteiger partial charge in [-0.3, -0.25) is 10.1 Å². The van der Waals surface area contributed by atoms with E-state index in [1.54, 1.807) is 12.1 Å². The number of rotatable bonds is 6. The van der Waals surface area contributed by atoms with Gasteiger partial charge in [0.25, 0.3) is 5.69 Å². The van der Waals surface area contributed by atoms with E-state index in [9.17, 15) is 10.1 Å². The van der Waals surface area contributed by atoms with Gasteiger partial charge in [0.15, 0.2) is 0 Å². The van der Waals surface area contributed by atoms with Crippen molar-refractivity contribution in [2.75, 3.05) is 11.9 Å². The Morgan fingerprint density at radius 3 is 2.81 bits per heavy atom. The summed E-state index contributed by atoms with van der Waals surface area (Å²) in [5.74, 6) is 0. The molecule has 116 valence electrons. The molecule has 2 rings (SSSR count). The third-order valence-electron chi connectivity index (χ3n) is 4.60. The number of nitro benzene ring substituents is 1. The monoisotopic (exact) mass is 312 g/mol. The summed E-state index contributed by atoms with van der Waals surface area (Å²) in [6, 6.07) is 4.88. The largest absolute Gasteiger partial charge is 0.378 e. The molecule has 3 atom stereocenters. The van der Waals surface area contributed by atoms with Crippen LogP contribution in [0.15, 0.2) is 18.2 Å². The summed E-state index contributed by atoms with van der Waals surface area (Å²) in [6.45, 7) is 6.96. The molecular weight excluding hydrogens is 292 g/mol. The smallest absolute Gasteiger partial charge is 0.293 e. The molecule has 0 bridgehead atoms. The zero-order chi connectivity index (χ0) is 15.6. The van der Waals surface area contributed by atoms with Crippen LogP contribution < -0.4 is 5.32 Å². The van der Waals surface area contributed by atoms with Crippen molar-refractivity contribution in [3.05, 3.63) is 33.3 Å². The van der Waals surface area contributed by atoms with Gasteiger partial charge in [-0.1, -0.05) is 25.4 Å². The van der Waals surface area contributed by atoms with Crippen LogP contribution in [0.25, 0.3) is 0 Å². The Morgan fingerprint density at radius 1 is 1.52 bits per heavy atom. The third kappa shape index (κ3) is 2.99. The quantitative estimate of drug-likeness (QED) is 0.630. The van der Waals surface area contributed by atoms with Gasteiger partial charge in [-0.15, -0.1) is 0 Å². The Balaban J connectivity index is 2.18. The molecule has 0 amide bonds. The lowest BCUT2D eigenvalue weighted by Gasteiger charge is -2.53. The Labute approximate surface area is 129 Å². The maximum absolute atomic E-state index is 11.1. The van der Waals surface area contributed by atoms with E-state index >= 15 is 0 Å². The number of hydrogen-bond acceptors (Lipinski definition) is 4. The SMILES string of the molecule is CCOC1CC(Nc2ccc(Cl)cc2[N+](=O)[O-])C1(C)CC. The first-order chi connectivity index (χ1) is 9.92. The lowest BCUT2D eigenvalue weighted by molar-refractivity contribution is -0.384. The maximum Gasteiger partial charge on any atom is 0.293 e. The number of nitrogens with zero attached hydrogens (tertiary/aromatic N) is 1. The first-order valence-electron chi connectivity index (χ1n) is 7.24. The van der Waals surface area contributed by atoms with Crippen molar-refractivity contribution in [1.29, 1.82) is 0 Å². The molecule has 21 heavy (non-hydrogen) atoms. The topological polar surface area (TPSA) is 64.4 Å². The van der Waals surface area contributed by atoms with E-state index in [1.807, 2.05) is 6.92 Å².